The standard InChI is InChI=1S/C22H24F3NO3/c1-15(2)11-12-29-19-9-7-16(13-20(19)28-3)8-10-21(27)26-18-6-4-5-17(14-18)22(23,24)25/h4-10,13-15H,11-12H2,1-3H3,(H,26,27)/b10-8+. The molecule has 29 heavy (non-hydrogen) atoms. The smallest absolute Gasteiger partial charge is 0.416 e. The molecule has 156 valence electrons. The van der Waals surface area contributed by atoms with Crippen molar-refractivity contribution in [3.05, 3.63) is 59.7 Å². The Labute approximate surface area is 168 Å². The SMILES string of the molecule is COc1cc(/C=C/C(=O)Nc2cccc(C(F)(F)F)c2)ccc1OCCC(C)C. The molecule has 0 aromatic heterocycles. The van der Waals surface area contributed by atoms with E-state index >= 15 is 0 Å². The Morgan fingerprint density at radius 3 is 2.55 bits per heavy atom. The van der Waals surface area contributed by atoms with E-state index in [2.05, 4.69) is 19.2 Å². The van der Waals surface area contributed by atoms with Crippen LogP contribution in [0.25, 0.3) is 6.08 Å². The molecule has 0 bridgehead atoms. The molecule has 0 saturated heterocycles. The molecular formula is C22H24F3NO3. The number of alkyl halides is 3. The van der Waals surface area contributed by atoms with Gasteiger partial charge in [0.1, 0.15) is 0 Å². The maximum Gasteiger partial charge on any atom is 0.416 e. The Hall–Kier alpha value is -2.96. The molecule has 0 aliphatic carbocycles. The molecule has 1 amide bonds. The highest BCUT2D eigenvalue weighted by Crippen LogP contribution is 2.31. The molecule has 0 aliphatic rings. The zero-order chi connectivity index (χ0) is 21.4. The van der Waals surface area contributed by atoms with Crippen LogP contribution < -0.4 is 14.8 Å². The number of carbonyl (C=O) groups is 1. The maximum absolute atomic E-state index is 12.7. The molecule has 1 N–H and O–H groups in total. The third-order valence-electron chi connectivity index (χ3n) is 4.03. The third-order valence-corrected chi connectivity index (χ3v) is 4.03. The van der Waals surface area contributed by atoms with Crippen molar-refractivity contribution in [2.45, 2.75) is 26.4 Å². The second-order valence-electron chi connectivity index (χ2n) is 6.84. The van der Waals surface area contributed by atoms with E-state index in [1.54, 1.807) is 24.3 Å². The van der Waals surface area contributed by atoms with Gasteiger partial charge in [-0.15, -0.1) is 0 Å². The molecule has 7 heteroatoms. The number of methoxy groups -OCH3 is 1. The number of ether oxygens (including phenoxy) is 2. The summed E-state index contributed by atoms with van der Waals surface area (Å²) in [5.74, 6) is 1.13. The summed E-state index contributed by atoms with van der Waals surface area (Å²) in [6.07, 6.45) is -0.760. The van der Waals surface area contributed by atoms with Crippen LogP contribution in [-0.2, 0) is 11.0 Å². The summed E-state index contributed by atoms with van der Waals surface area (Å²) in [6, 6.07) is 9.71. The van der Waals surface area contributed by atoms with Crippen LogP contribution in [0.1, 0.15) is 31.4 Å². The minimum Gasteiger partial charge on any atom is -0.493 e. The van der Waals surface area contributed by atoms with Gasteiger partial charge in [0, 0.05) is 11.8 Å². The van der Waals surface area contributed by atoms with Crippen molar-refractivity contribution in [3.63, 3.8) is 0 Å². The Morgan fingerprint density at radius 1 is 1.14 bits per heavy atom. The lowest BCUT2D eigenvalue weighted by atomic mass is 10.1. The van der Waals surface area contributed by atoms with E-state index in [0.29, 0.717) is 29.6 Å². The first-order valence-electron chi connectivity index (χ1n) is 9.16. The minimum absolute atomic E-state index is 0.0703. The Bertz CT molecular complexity index is 861. The molecule has 0 atom stereocenters. The fourth-order valence-electron chi connectivity index (χ4n) is 2.44. The van der Waals surface area contributed by atoms with Crippen molar-refractivity contribution in [3.8, 4) is 11.5 Å². The van der Waals surface area contributed by atoms with Crippen LogP contribution in [0.15, 0.2) is 48.5 Å². The zero-order valence-corrected chi connectivity index (χ0v) is 16.5. The molecule has 4 nitrogen and oxygen atoms in total. The van der Waals surface area contributed by atoms with Gasteiger partial charge >= 0.3 is 6.18 Å². The van der Waals surface area contributed by atoms with Crippen molar-refractivity contribution in [2.24, 2.45) is 5.92 Å². The molecule has 0 radical (unpaired) electrons. The van der Waals surface area contributed by atoms with Crippen molar-refractivity contribution in [1.82, 2.24) is 0 Å². The summed E-state index contributed by atoms with van der Waals surface area (Å²) in [5.41, 5.74) is -0.0599. The number of hydrogen-bond acceptors (Lipinski definition) is 3. The lowest BCUT2D eigenvalue weighted by Crippen LogP contribution is -2.10. The quantitative estimate of drug-likeness (QED) is 0.564. The predicted octanol–water partition coefficient (Wildman–Crippen LogP) is 5.79. The molecule has 0 spiro atoms. The van der Waals surface area contributed by atoms with Crippen molar-refractivity contribution < 1.29 is 27.4 Å². The van der Waals surface area contributed by atoms with Gasteiger partial charge in [0.15, 0.2) is 11.5 Å². The van der Waals surface area contributed by atoms with Crippen LogP contribution in [0.4, 0.5) is 18.9 Å². The first-order valence-corrected chi connectivity index (χ1v) is 9.16. The Kier molecular flexibility index (Phi) is 7.70. The van der Waals surface area contributed by atoms with Crippen molar-refractivity contribution >= 4 is 17.7 Å². The fourth-order valence-corrected chi connectivity index (χ4v) is 2.44. The normalized spacial score (nSPS) is 11.7. The topological polar surface area (TPSA) is 47.6 Å². The minimum atomic E-state index is -4.47. The average molecular weight is 407 g/mol. The molecule has 2 rings (SSSR count). The molecule has 0 heterocycles. The van der Waals surface area contributed by atoms with Gasteiger partial charge in [0.25, 0.3) is 0 Å². The number of hydrogen-bond donors (Lipinski definition) is 1. The molecule has 2 aromatic carbocycles. The van der Waals surface area contributed by atoms with Gasteiger partial charge in [-0.25, -0.2) is 0 Å². The molecule has 2 aromatic rings. The monoisotopic (exact) mass is 407 g/mol. The highest BCUT2D eigenvalue weighted by atomic mass is 19.4. The van der Waals surface area contributed by atoms with Crippen molar-refractivity contribution in [2.75, 3.05) is 19.0 Å². The molecular weight excluding hydrogens is 383 g/mol. The van der Waals surface area contributed by atoms with Crippen LogP contribution in [0.2, 0.25) is 0 Å². The third kappa shape index (κ3) is 7.18. The lowest BCUT2D eigenvalue weighted by molar-refractivity contribution is -0.137. The average Bonchev–Trinajstić information content (AvgIpc) is 2.66. The van der Waals surface area contributed by atoms with Gasteiger partial charge in [-0.3, -0.25) is 4.79 Å². The van der Waals surface area contributed by atoms with Gasteiger partial charge in [-0.1, -0.05) is 26.0 Å². The number of nitrogens with one attached hydrogen (secondary N) is 1. The van der Waals surface area contributed by atoms with Crippen LogP contribution in [0.5, 0.6) is 11.5 Å². The summed E-state index contributed by atoms with van der Waals surface area (Å²) in [5, 5.41) is 2.42. The van der Waals surface area contributed by atoms with E-state index in [-0.39, 0.29) is 5.69 Å². The summed E-state index contributed by atoms with van der Waals surface area (Å²) < 4.78 is 49.3. The summed E-state index contributed by atoms with van der Waals surface area (Å²) >= 11 is 0. The number of rotatable bonds is 8. The number of benzene rings is 2. The van der Waals surface area contributed by atoms with E-state index in [4.69, 9.17) is 9.47 Å². The predicted molar refractivity (Wildman–Crippen MR) is 107 cm³/mol. The largest absolute Gasteiger partial charge is 0.493 e. The highest BCUT2D eigenvalue weighted by Gasteiger charge is 2.30. The summed E-state index contributed by atoms with van der Waals surface area (Å²) in [7, 11) is 1.53. The van der Waals surface area contributed by atoms with Crippen LogP contribution in [-0.4, -0.2) is 19.6 Å². The first-order chi connectivity index (χ1) is 13.7. The second kappa shape index (κ2) is 10.0. The molecule has 0 aliphatic heterocycles. The van der Waals surface area contributed by atoms with Crippen LogP contribution in [0, 0.1) is 5.92 Å². The first kappa shape index (κ1) is 22.3. The van der Waals surface area contributed by atoms with Gasteiger partial charge in [0.05, 0.1) is 19.3 Å². The molecule has 0 saturated carbocycles. The van der Waals surface area contributed by atoms with Crippen LogP contribution >= 0.6 is 0 Å². The molecule has 0 fully saturated rings. The van der Waals surface area contributed by atoms with E-state index in [1.165, 1.54) is 25.3 Å². The van der Waals surface area contributed by atoms with E-state index in [0.717, 1.165) is 18.6 Å². The molecule has 0 unspecified atom stereocenters. The van der Waals surface area contributed by atoms with Gasteiger partial charge in [-0.05, 0) is 54.3 Å². The summed E-state index contributed by atoms with van der Waals surface area (Å²) in [4.78, 5) is 12.0. The lowest BCUT2D eigenvalue weighted by Gasteiger charge is -2.12. The van der Waals surface area contributed by atoms with E-state index < -0.39 is 17.6 Å². The maximum atomic E-state index is 12.7. The Morgan fingerprint density at radius 2 is 1.90 bits per heavy atom. The Balaban J connectivity index is 2.02. The van der Waals surface area contributed by atoms with Crippen LogP contribution in [0.3, 0.4) is 0 Å². The zero-order valence-electron chi connectivity index (χ0n) is 16.5. The van der Waals surface area contributed by atoms with E-state index in [9.17, 15) is 18.0 Å². The fraction of sp³-hybridized carbons (Fsp3) is 0.318. The van der Waals surface area contributed by atoms with E-state index in [1.807, 2.05) is 0 Å². The van der Waals surface area contributed by atoms with Gasteiger partial charge in [-0.2, -0.15) is 13.2 Å². The number of anilines is 1. The number of carbonyl (C=O) groups excluding carboxylic acids is 1. The second-order valence-corrected chi connectivity index (χ2v) is 6.84. The van der Waals surface area contributed by atoms with Crippen molar-refractivity contribution in [1.29, 1.82) is 0 Å². The van der Waals surface area contributed by atoms with Gasteiger partial charge in [0.2, 0.25) is 5.91 Å². The number of halogens is 3. The highest BCUT2D eigenvalue weighted by molar-refractivity contribution is 6.02. The summed E-state index contributed by atoms with van der Waals surface area (Å²) in [6.45, 7) is 4.79. The number of amides is 1. The van der Waals surface area contributed by atoms with Gasteiger partial charge < -0.3 is 14.8 Å².